The molecule has 1 aromatic heterocycles. The van der Waals surface area contributed by atoms with Crippen molar-refractivity contribution < 1.29 is 28.5 Å². The van der Waals surface area contributed by atoms with Crippen molar-refractivity contribution in [1.29, 1.82) is 0 Å². The van der Waals surface area contributed by atoms with Crippen molar-refractivity contribution in [2.75, 3.05) is 20.8 Å². The SMILES string of the molecule is CCOC(=O)C1=C(C)N=c2s/c(=C\c3cccc(OC(C)=O)c3)c(=O)n2[C@H]1c1ccc(OC)c(OC)c1. The van der Waals surface area contributed by atoms with Gasteiger partial charge in [-0.2, -0.15) is 0 Å². The zero-order chi connectivity index (χ0) is 26.7. The van der Waals surface area contributed by atoms with Crippen LogP contribution in [0.15, 0.2) is 63.5 Å². The van der Waals surface area contributed by atoms with Gasteiger partial charge in [0.15, 0.2) is 16.3 Å². The van der Waals surface area contributed by atoms with E-state index in [4.69, 9.17) is 18.9 Å². The first kappa shape index (κ1) is 25.9. The van der Waals surface area contributed by atoms with Gasteiger partial charge in [0.2, 0.25) is 0 Å². The lowest BCUT2D eigenvalue weighted by Crippen LogP contribution is -2.39. The first-order chi connectivity index (χ1) is 17.8. The van der Waals surface area contributed by atoms with Gasteiger partial charge < -0.3 is 18.9 Å². The van der Waals surface area contributed by atoms with Gasteiger partial charge in [-0.25, -0.2) is 9.79 Å². The van der Waals surface area contributed by atoms with Gasteiger partial charge in [0, 0.05) is 6.92 Å². The Labute approximate surface area is 216 Å². The lowest BCUT2D eigenvalue weighted by atomic mass is 9.95. The molecule has 1 aliphatic rings. The van der Waals surface area contributed by atoms with E-state index in [0.29, 0.717) is 43.4 Å². The minimum Gasteiger partial charge on any atom is -0.493 e. The van der Waals surface area contributed by atoms with Crippen molar-refractivity contribution in [2.24, 2.45) is 4.99 Å². The highest BCUT2D eigenvalue weighted by Crippen LogP contribution is 2.36. The highest BCUT2D eigenvalue weighted by atomic mass is 32.1. The Morgan fingerprint density at radius 1 is 1.11 bits per heavy atom. The smallest absolute Gasteiger partial charge is 0.338 e. The van der Waals surface area contributed by atoms with Gasteiger partial charge in [-0.3, -0.25) is 14.2 Å². The van der Waals surface area contributed by atoms with E-state index in [9.17, 15) is 14.4 Å². The average molecular weight is 523 g/mol. The van der Waals surface area contributed by atoms with Crippen LogP contribution in [0.5, 0.6) is 17.2 Å². The highest BCUT2D eigenvalue weighted by Gasteiger charge is 2.33. The molecule has 0 bridgehead atoms. The Morgan fingerprint density at radius 3 is 2.54 bits per heavy atom. The number of hydrogen-bond acceptors (Lipinski definition) is 9. The van der Waals surface area contributed by atoms with Crippen LogP contribution in [0.3, 0.4) is 0 Å². The van der Waals surface area contributed by atoms with Gasteiger partial charge in [-0.05, 0) is 55.3 Å². The summed E-state index contributed by atoms with van der Waals surface area (Å²) in [6.45, 7) is 4.94. The van der Waals surface area contributed by atoms with E-state index in [0.717, 1.165) is 0 Å². The number of carbonyl (C=O) groups is 2. The molecule has 0 aliphatic carbocycles. The lowest BCUT2D eigenvalue weighted by molar-refractivity contribution is -0.139. The number of esters is 2. The highest BCUT2D eigenvalue weighted by molar-refractivity contribution is 7.07. The molecular weight excluding hydrogens is 496 g/mol. The summed E-state index contributed by atoms with van der Waals surface area (Å²) >= 11 is 1.20. The van der Waals surface area contributed by atoms with Crippen molar-refractivity contribution in [3.05, 3.63) is 84.5 Å². The summed E-state index contributed by atoms with van der Waals surface area (Å²) in [5.74, 6) is 0.366. The lowest BCUT2D eigenvalue weighted by Gasteiger charge is -2.25. The Hall–Kier alpha value is -4.18. The number of aromatic nitrogens is 1. The molecule has 9 nitrogen and oxygen atoms in total. The van der Waals surface area contributed by atoms with E-state index in [1.54, 1.807) is 62.4 Å². The largest absolute Gasteiger partial charge is 0.493 e. The Balaban J connectivity index is 1.93. The second-order valence-corrected chi connectivity index (χ2v) is 9.09. The third kappa shape index (κ3) is 5.19. The molecule has 0 spiro atoms. The van der Waals surface area contributed by atoms with Gasteiger partial charge in [-0.15, -0.1) is 0 Å². The summed E-state index contributed by atoms with van der Waals surface area (Å²) in [6, 6.07) is 11.3. The second-order valence-electron chi connectivity index (χ2n) is 8.08. The Morgan fingerprint density at radius 2 is 1.86 bits per heavy atom. The molecule has 4 rings (SSSR count). The minimum absolute atomic E-state index is 0.178. The maximum atomic E-state index is 13.7. The Bertz CT molecular complexity index is 1580. The zero-order valence-corrected chi connectivity index (χ0v) is 21.9. The number of fused-ring (bicyclic) bond motifs is 1. The van der Waals surface area contributed by atoms with Crippen LogP contribution in [0.25, 0.3) is 6.08 Å². The number of carbonyl (C=O) groups excluding carboxylic acids is 2. The standard InChI is InChI=1S/C27H26N2O7S/c1-6-35-26(32)23-15(2)28-27-29(24(23)18-10-11-20(33-4)21(14-18)34-5)25(31)22(37-27)13-17-8-7-9-19(12-17)36-16(3)30/h7-14,24H,6H2,1-5H3/b22-13-/t24-/m0/s1. The predicted octanol–water partition coefficient (Wildman–Crippen LogP) is 2.74. The first-order valence-electron chi connectivity index (χ1n) is 11.5. The Kier molecular flexibility index (Phi) is 7.58. The fourth-order valence-corrected chi connectivity index (χ4v) is 5.16. The molecule has 3 aromatic rings. The fourth-order valence-electron chi connectivity index (χ4n) is 4.11. The molecule has 0 saturated carbocycles. The molecule has 37 heavy (non-hydrogen) atoms. The van der Waals surface area contributed by atoms with Crippen LogP contribution in [-0.4, -0.2) is 37.3 Å². The molecular formula is C27H26N2O7S. The van der Waals surface area contributed by atoms with E-state index in [2.05, 4.69) is 4.99 Å². The summed E-state index contributed by atoms with van der Waals surface area (Å²) in [6.07, 6.45) is 1.70. The van der Waals surface area contributed by atoms with Crippen LogP contribution in [-0.2, 0) is 14.3 Å². The molecule has 1 aliphatic heterocycles. The maximum Gasteiger partial charge on any atom is 0.338 e. The minimum atomic E-state index is -0.787. The molecule has 10 heteroatoms. The van der Waals surface area contributed by atoms with E-state index < -0.39 is 18.0 Å². The normalized spacial score (nSPS) is 15.1. The van der Waals surface area contributed by atoms with Crippen molar-refractivity contribution in [1.82, 2.24) is 4.57 Å². The molecule has 0 N–H and O–H groups in total. The molecule has 2 heterocycles. The number of methoxy groups -OCH3 is 2. The average Bonchev–Trinajstić information content (AvgIpc) is 3.16. The first-order valence-corrected chi connectivity index (χ1v) is 12.3. The van der Waals surface area contributed by atoms with E-state index in [1.165, 1.54) is 37.0 Å². The van der Waals surface area contributed by atoms with Crippen molar-refractivity contribution in [2.45, 2.75) is 26.8 Å². The van der Waals surface area contributed by atoms with Gasteiger partial charge in [0.05, 0.1) is 42.7 Å². The van der Waals surface area contributed by atoms with Crippen LogP contribution in [0.2, 0.25) is 0 Å². The van der Waals surface area contributed by atoms with Crippen LogP contribution in [0.4, 0.5) is 0 Å². The number of benzene rings is 2. The van der Waals surface area contributed by atoms with Crippen molar-refractivity contribution in [3.8, 4) is 17.2 Å². The summed E-state index contributed by atoms with van der Waals surface area (Å²) in [5.41, 5.74) is 1.72. The summed E-state index contributed by atoms with van der Waals surface area (Å²) in [4.78, 5) is 43.2. The maximum absolute atomic E-state index is 13.7. The number of hydrogen-bond donors (Lipinski definition) is 0. The number of thiazole rings is 1. The molecule has 0 saturated heterocycles. The van der Waals surface area contributed by atoms with E-state index in [1.807, 2.05) is 0 Å². The third-order valence-corrected chi connectivity index (χ3v) is 6.64. The summed E-state index contributed by atoms with van der Waals surface area (Å²) in [5, 5.41) is 0. The summed E-state index contributed by atoms with van der Waals surface area (Å²) in [7, 11) is 3.05. The van der Waals surface area contributed by atoms with Gasteiger partial charge >= 0.3 is 11.9 Å². The van der Waals surface area contributed by atoms with Gasteiger partial charge in [0.1, 0.15) is 5.75 Å². The predicted molar refractivity (Wildman–Crippen MR) is 138 cm³/mol. The third-order valence-electron chi connectivity index (χ3n) is 5.66. The molecule has 1 atom stereocenters. The number of rotatable bonds is 7. The quantitative estimate of drug-likeness (QED) is 0.347. The fraction of sp³-hybridized carbons (Fsp3) is 0.259. The van der Waals surface area contributed by atoms with Crippen molar-refractivity contribution in [3.63, 3.8) is 0 Å². The van der Waals surface area contributed by atoms with Crippen LogP contribution >= 0.6 is 11.3 Å². The van der Waals surface area contributed by atoms with E-state index in [-0.39, 0.29) is 17.7 Å². The number of nitrogens with zero attached hydrogens (tertiary/aromatic N) is 2. The zero-order valence-electron chi connectivity index (χ0n) is 21.1. The van der Waals surface area contributed by atoms with Crippen molar-refractivity contribution >= 4 is 29.4 Å². The van der Waals surface area contributed by atoms with Crippen LogP contribution in [0, 0.1) is 0 Å². The van der Waals surface area contributed by atoms with Gasteiger partial charge in [-0.1, -0.05) is 29.5 Å². The number of ether oxygens (including phenoxy) is 4. The van der Waals surface area contributed by atoms with Crippen LogP contribution in [0.1, 0.15) is 37.9 Å². The molecule has 0 radical (unpaired) electrons. The molecule has 192 valence electrons. The second kappa shape index (κ2) is 10.8. The molecule has 2 aromatic carbocycles. The van der Waals surface area contributed by atoms with Crippen LogP contribution < -0.4 is 29.1 Å². The monoisotopic (exact) mass is 522 g/mol. The molecule has 0 fully saturated rings. The molecule has 0 unspecified atom stereocenters. The molecule has 0 amide bonds. The topological polar surface area (TPSA) is 105 Å². The summed E-state index contributed by atoms with van der Waals surface area (Å²) < 4.78 is 23.2. The van der Waals surface area contributed by atoms with E-state index >= 15 is 0 Å². The van der Waals surface area contributed by atoms with Gasteiger partial charge in [0.25, 0.3) is 5.56 Å². The number of allylic oxidation sites excluding steroid dienone is 1.